The summed E-state index contributed by atoms with van der Waals surface area (Å²) in [6.07, 6.45) is 3.45. The predicted octanol–water partition coefficient (Wildman–Crippen LogP) is 4.07. The molecule has 1 heterocycles. The molecule has 4 heteroatoms. The summed E-state index contributed by atoms with van der Waals surface area (Å²) in [4.78, 5) is 3.93. The smallest absolute Gasteiger partial charge is 0.0526 e. The number of hydrogen-bond acceptors (Lipinski definition) is 3. The van der Waals surface area contributed by atoms with Crippen LogP contribution in [-0.4, -0.2) is 12.6 Å². The molecule has 0 atom stereocenters. The van der Waals surface area contributed by atoms with Gasteiger partial charge in [0.15, 0.2) is 0 Å². The normalized spacial score (nSPS) is 14.5. The molecule has 0 amide bonds. The summed E-state index contributed by atoms with van der Waals surface area (Å²) in [5.74, 6) is 0. The van der Waals surface area contributed by atoms with Gasteiger partial charge in [-0.1, -0.05) is 17.7 Å². The standard InChI is InChI=1S/C16H19ClN2S/c17-13-3-6-16(12(10-13)7-8-18)19(14-4-5-14)11-15-2-1-9-20-15/h1-3,6,9-10,14H,4-5,7-8,11,18H2. The minimum Gasteiger partial charge on any atom is -0.363 e. The molecule has 2 aromatic rings. The summed E-state index contributed by atoms with van der Waals surface area (Å²) in [6.45, 7) is 1.65. The van der Waals surface area contributed by atoms with Gasteiger partial charge in [-0.2, -0.15) is 0 Å². The molecule has 20 heavy (non-hydrogen) atoms. The molecule has 1 aliphatic carbocycles. The van der Waals surface area contributed by atoms with Crippen LogP contribution in [0, 0.1) is 0 Å². The minimum atomic E-state index is 0.658. The monoisotopic (exact) mass is 306 g/mol. The lowest BCUT2D eigenvalue weighted by atomic mass is 10.1. The molecule has 2 N–H and O–H groups in total. The Labute approximate surface area is 129 Å². The maximum atomic E-state index is 6.14. The lowest BCUT2D eigenvalue weighted by Crippen LogP contribution is -2.26. The van der Waals surface area contributed by atoms with Crippen molar-refractivity contribution in [3.8, 4) is 0 Å². The Hall–Kier alpha value is -1.03. The average molecular weight is 307 g/mol. The lowest BCUT2D eigenvalue weighted by molar-refractivity contribution is 0.792. The lowest BCUT2D eigenvalue weighted by Gasteiger charge is -2.27. The van der Waals surface area contributed by atoms with Crippen LogP contribution in [0.3, 0.4) is 0 Å². The zero-order valence-electron chi connectivity index (χ0n) is 11.4. The van der Waals surface area contributed by atoms with Crippen LogP contribution in [0.1, 0.15) is 23.3 Å². The van der Waals surface area contributed by atoms with Gasteiger partial charge in [-0.3, -0.25) is 0 Å². The van der Waals surface area contributed by atoms with E-state index in [4.69, 9.17) is 17.3 Å². The topological polar surface area (TPSA) is 29.3 Å². The molecule has 1 aromatic carbocycles. The van der Waals surface area contributed by atoms with Gasteiger partial charge in [0.05, 0.1) is 6.54 Å². The largest absolute Gasteiger partial charge is 0.363 e. The predicted molar refractivity (Wildman–Crippen MR) is 87.7 cm³/mol. The third-order valence-electron chi connectivity index (χ3n) is 3.66. The summed E-state index contributed by atoms with van der Waals surface area (Å²) in [7, 11) is 0. The van der Waals surface area contributed by atoms with Gasteiger partial charge in [-0.15, -0.1) is 11.3 Å². The van der Waals surface area contributed by atoms with E-state index in [1.165, 1.54) is 29.0 Å². The Kier molecular flexibility index (Phi) is 4.29. The first-order chi connectivity index (χ1) is 9.78. The fourth-order valence-corrected chi connectivity index (χ4v) is 3.46. The highest BCUT2D eigenvalue weighted by Gasteiger charge is 2.30. The second kappa shape index (κ2) is 6.17. The molecule has 0 bridgehead atoms. The summed E-state index contributed by atoms with van der Waals surface area (Å²) in [5.41, 5.74) is 8.32. The number of halogens is 1. The molecular formula is C16H19ClN2S. The van der Waals surface area contributed by atoms with E-state index >= 15 is 0 Å². The molecule has 0 saturated heterocycles. The Morgan fingerprint density at radius 2 is 2.15 bits per heavy atom. The van der Waals surface area contributed by atoms with Crippen LogP contribution in [-0.2, 0) is 13.0 Å². The van der Waals surface area contributed by atoms with Crippen LogP contribution >= 0.6 is 22.9 Å². The van der Waals surface area contributed by atoms with E-state index in [9.17, 15) is 0 Å². The van der Waals surface area contributed by atoms with Crippen molar-refractivity contribution in [2.75, 3.05) is 11.4 Å². The van der Waals surface area contributed by atoms with E-state index in [0.717, 1.165) is 18.0 Å². The van der Waals surface area contributed by atoms with Crippen LogP contribution in [0.25, 0.3) is 0 Å². The van der Waals surface area contributed by atoms with E-state index in [1.54, 1.807) is 0 Å². The van der Waals surface area contributed by atoms with Gasteiger partial charge in [-0.25, -0.2) is 0 Å². The summed E-state index contributed by atoms with van der Waals surface area (Å²) < 4.78 is 0. The second-order valence-corrected chi connectivity index (χ2v) is 6.72. The van der Waals surface area contributed by atoms with Gasteiger partial charge in [0.25, 0.3) is 0 Å². The highest BCUT2D eigenvalue weighted by molar-refractivity contribution is 7.09. The average Bonchev–Trinajstić information content (AvgIpc) is 3.15. The van der Waals surface area contributed by atoms with Gasteiger partial charge >= 0.3 is 0 Å². The first-order valence-electron chi connectivity index (χ1n) is 7.05. The van der Waals surface area contributed by atoms with Crippen LogP contribution < -0.4 is 10.6 Å². The van der Waals surface area contributed by atoms with E-state index in [-0.39, 0.29) is 0 Å². The first kappa shape index (κ1) is 13.9. The quantitative estimate of drug-likeness (QED) is 0.871. The fraction of sp³-hybridized carbons (Fsp3) is 0.375. The van der Waals surface area contributed by atoms with Gasteiger partial charge < -0.3 is 10.6 Å². The highest BCUT2D eigenvalue weighted by Crippen LogP contribution is 2.36. The maximum Gasteiger partial charge on any atom is 0.0526 e. The molecule has 1 saturated carbocycles. The van der Waals surface area contributed by atoms with E-state index in [2.05, 4.69) is 34.5 Å². The van der Waals surface area contributed by atoms with E-state index < -0.39 is 0 Å². The molecule has 106 valence electrons. The number of nitrogens with zero attached hydrogens (tertiary/aromatic N) is 1. The number of nitrogens with two attached hydrogens (primary N) is 1. The van der Waals surface area contributed by atoms with Crippen LogP contribution in [0.4, 0.5) is 5.69 Å². The number of rotatable bonds is 6. The van der Waals surface area contributed by atoms with Gasteiger partial charge in [0.2, 0.25) is 0 Å². The molecular weight excluding hydrogens is 288 g/mol. The summed E-state index contributed by atoms with van der Waals surface area (Å²) >= 11 is 7.96. The third kappa shape index (κ3) is 3.17. The van der Waals surface area contributed by atoms with Crippen molar-refractivity contribution in [1.82, 2.24) is 0 Å². The Morgan fingerprint density at radius 1 is 1.30 bits per heavy atom. The number of benzene rings is 1. The molecule has 0 radical (unpaired) electrons. The molecule has 0 spiro atoms. The first-order valence-corrected chi connectivity index (χ1v) is 8.31. The van der Waals surface area contributed by atoms with Gasteiger partial charge in [0.1, 0.15) is 0 Å². The molecule has 0 aliphatic heterocycles. The second-order valence-electron chi connectivity index (χ2n) is 5.25. The Balaban J connectivity index is 1.90. The molecule has 0 unspecified atom stereocenters. The highest BCUT2D eigenvalue weighted by atomic mass is 35.5. The van der Waals surface area contributed by atoms with E-state index in [1.807, 2.05) is 17.4 Å². The molecule has 1 fully saturated rings. The third-order valence-corrected chi connectivity index (χ3v) is 4.75. The van der Waals surface area contributed by atoms with Crippen molar-refractivity contribution in [2.45, 2.75) is 31.8 Å². The molecule has 3 rings (SSSR count). The van der Waals surface area contributed by atoms with Crippen LogP contribution in [0.5, 0.6) is 0 Å². The van der Waals surface area contributed by atoms with Gasteiger partial charge in [-0.05, 0) is 61.0 Å². The number of hydrogen-bond donors (Lipinski definition) is 1. The number of thiophene rings is 1. The summed E-state index contributed by atoms with van der Waals surface area (Å²) in [5, 5.41) is 2.94. The zero-order valence-corrected chi connectivity index (χ0v) is 13.0. The molecule has 1 aliphatic rings. The van der Waals surface area contributed by atoms with Gasteiger partial charge in [0, 0.05) is 21.6 Å². The summed E-state index contributed by atoms with van der Waals surface area (Å²) in [6, 6.07) is 11.2. The van der Waals surface area contributed by atoms with Crippen LogP contribution in [0.2, 0.25) is 5.02 Å². The zero-order chi connectivity index (χ0) is 13.9. The van der Waals surface area contributed by atoms with Crippen molar-refractivity contribution in [3.63, 3.8) is 0 Å². The van der Waals surface area contributed by atoms with Crippen LogP contribution in [0.15, 0.2) is 35.7 Å². The number of anilines is 1. The fourth-order valence-electron chi connectivity index (χ4n) is 2.56. The Bertz CT molecular complexity index is 564. The van der Waals surface area contributed by atoms with E-state index in [0.29, 0.717) is 12.6 Å². The van der Waals surface area contributed by atoms with Crippen molar-refractivity contribution in [3.05, 3.63) is 51.2 Å². The molecule has 1 aromatic heterocycles. The van der Waals surface area contributed by atoms with Crippen molar-refractivity contribution < 1.29 is 0 Å². The van der Waals surface area contributed by atoms with Crippen molar-refractivity contribution in [1.29, 1.82) is 0 Å². The Morgan fingerprint density at radius 3 is 2.80 bits per heavy atom. The van der Waals surface area contributed by atoms with Crippen molar-refractivity contribution in [2.24, 2.45) is 5.73 Å². The SMILES string of the molecule is NCCc1cc(Cl)ccc1N(Cc1cccs1)C1CC1. The maximum absolute atomic E-state index is 6.14. The van der Waals surface area contributed by atoms with Crippen molar-refractivity contribution >= 4 is 28.6 Å². The molecule has 2 nitrogen and oxygen atoms in total. The minimum absolute atomic E-state index is 0.658.